The SMILES string of the molecule is CC(C)Oc1nc(NC2CC2c2ccccc2)ccc1N. The fourth-order valence-electron chi connectivity index (χ4n) is 2.46. The molecule has 3 N–H and O–H groups in total. The molecule has 1 aliphatic carbocycles. The van der Waals surface area contributed by atoms with E-state index in [1.807, 2.05) is 32.0 Å². The molecule has 4 heteroatoms. The van der Waals surface area contributed by atoms with Crippen molar-refractivity contribution in [3.8, 4) is 5.88 Å². The molecule has 0 saturated heterocycles. The molecular formula is C17H21N3O. The van der Waals surface area contributed by atoms with Gasteiger partial charge in [0.15, 0.2) is 0 Å². The molecule has 4 nitrogen and oxygen atoms in total. The number of benzene rings is 1. The van der Waals surface area contributed by atoms with Crippen molar-refractivity contribution >= 4 is 11.5 Å². The number of pyridine rings is 1. The molecule has 1 heterocycles. The normalized spacial score (nSPS) is 20.3. The summed E-state index contributed by atoms with van der Waals surface area (Å²) < 4.78 is 5.62. The van der Waals surface area contributed by atoms with Gasteiger partial charge in [0.1, 0.15) is 5.82 Å². The third kappa shape index (κ3) is 3.27. The predicted octanol–water partition coefficient (Wildman–Crippen LogP) is 3.42. The molecule has 1 fully saturated rings. The van der Waals surface area contributed by atoms with E-state index in [1.165, 1.54) is 5.56 Å². The number of rotatable bonds is 5. The zero-order valence-corrected chi connectivity index (χ0v) is 12.4. The molecule has 0 bridgehead atoms. The first kappa shape index (κ1) is 13.7. The Morgan fingerprint density at radius 3 is 2.67 bits per heavy atom. The van der Waals surface area contributed by atoms with Crippen LogP contribution in [0.15, 0.2) is 42.5 Å². The van der Waals surface area contributed by atoms with Gasteiger partial charge in [-0.3, -0.25) is 0 Å². The monoisotopic (exact) mass is 283 g/mol. The summed E-state index contributed by atoms with van der Waals surface area (Å²) in [6, 6.07) is 14.8. The van der Waals surface area contributed by atoms with Crippen LogP contribution in [0.1, 0.15) is 31.7 Å². The van der Waals surface area contributed by atoms with Crippen LogP contribution in [0.4, 0.5) is 11.5 Å². The molecule has 2 unspecified atom stereocenters. The van der Waals surface area contributed by atoms with Crippen LogP contribution >= 0.6 is 0 Å². The van der Waals surface area contributed by atoms with E-state index >= 15 is 0 Å². The van der Waals surface area contributed by atoms with Crippen LogP contribution in [0.2, 0.25) is 0 Å². The maximum Gasteiger partial charge on any atom is 0.239 e. The minimum Gasteiger partial charge on any atom is -0.473 e. The fourth-order valence-corrected chi connectivity index (χ4v) is 2.46. The third-order valence-corrected chi connectivity index (χ3v) is 3.59. The van der Waals surface area contributed by atoms with Gasteiger partial charge < -0.3 is 15.8 Å². The maximum atomic E-state index is 5.89. The van der Waals surface area contributed by atoms with E-state index in [2.05, 4.69) is 34.6 Å². The zero-order valence-electron chi connectivity index (χ0n) is 12.4. The van der Waals surface area contributed by atoms with Crippen molar-refractivity contribution in [2.24, 2.45) is 0 Å². The first-order valence-corrected chi connectivity index (χ1v) is 7.38. The lowest BCUT2D eigenvalue weighted by Gasteiger charge is -2.13. The van der Waals surface area contributed by atoms with E-state index < -0.39 is 0 Å². The second-order valence-corrected chi connectivity index (χ2v) is 5.76. The molecule has 1 aromatic carbocycles. The summed E-state index contributed by atoms with van der Waals surface area (Å²) in [4.78, 5) is 4.46. The lowest BCUT2D eigenvalue weighted by atomic mass is 10.1. The summed E-state index contributed by atoms with van der Waals surface area (Å²) >= 11 is 0. The topological polar surface area (TPSA) is 60.2 Å². The average Bonchev–Trinajstić information content (AvgIpc) is 3.22. The second kappa shape index (κ2) is 5.64. The minimum absolute atomic E-state index is 0.0630. The van der Waals surface area contributed by atoms with Gasteiger partial charge in [-0.1, -0.05) is 30.3 Å². The lowest BCUT2D eigenvalue weighted by molar-refractivity contribution is 0.234. The highest BCUT2D eigenvalue weighted by molar-refractivity contribution is 5.54. The van der Waals surface area contributed by atoms with Gasteiger partial charge in [-0.25, -0.2) is 0 Å². The van der Waals surface area contributed by atoms with Crippen molar-refractivity contribution in [1.29, 1.82) is 0 Å². The second-order valence-electron chi connectivity index (χ2n) is 5.76. The summed E-state index contributed by atoms with van der Waals surface area (Å²) in [7, 11) is 0. The van der Waals surface area contributed by atoms with Gasteiger partial charge in [-0.15, -0.1) is 0 Å². The number of nitrogens with zero attached hydrogens (tertiary/aromatic N) is 1. The Kier molecular flexibility index (Phi) is 3.69. The number of hydrogen-bond donors (Lipinski definition) is 2. The van der Waals surface area contributed by atoms with Crippen LogP contribution in [0.5, 0.6) is 5.88 Å². The largest absolute Gasteiger partial charge is 0.473 e. The Balaban J connectivity index is 1.67. The van der Waals surface area contributed by atoms with Crippen LogP contribution in [0, 0.1) is 0 Å². The highest BCUT2D eigenvalue weighted by Crippen LogP contribution is 2.42. The fraction of sp³-hybridized carbons (Fsp3) is 0.353. The van der Waals surface area contributed by atoms with Crippen LogP contribution in [0.3, 0.4) is 0 Å². The molecule has 1 aliphatic rings. The number of aromatic nitrogens is 1. The maximum absolute atomic E-state index is 5.89. The van der Waals surface area contributed by atoms with Crippen molar-refractivity contribution in [1.82, 2.24) is 4.98 Å². The number of ether oxygens (including phenoxy) is 1. The molecule has 0 spiro atoms. The quantitative estimate of drug-likeness (QED) is 0.882. The first-order chi connectivity index (χ1) is 10.1. The average molecular weight is 283 g/mol. The smallest absolute Gasteiger partial charge is 0.239 e. The molecule has 110 valence electrons. The van der Waals surface area contributed by atoms with Crippen molar-refractivity contribution in [3.05, 3.63) is 48.0 Å². The Bertz CT molecular complexity index is 613. The van der Waals surface area contributed by atoms with Crippen molar-refractivity contribution in [2.75, 3.05) is 11.1 Å². The predicted molar refractivity (Wildman–Crippen MR) is 85.6 cm³/mol. The van der Waals surface area contributed by atoms with Crippen LogP contribution in [-0.2, 0) is 0 Å². The molecule has 2 atom stereocenters. The highest BCUT2D eigenvalue weighted by Gasteiger charge is 2.38. The van der Waals surface area contributed by atoms with Crippen molar-refractivity contribution in [3.63, 3.8) is 0 Å². The molecule has 0 amide bonds. The Hall–Kier alpha value is -2.23. The van der Waals surface area contributed by atoms with Crippen LogP contribution in [-0.4, -0.2) is 17.1 Å². The Labute approximate surface area is 125 Å². The van der Waals surface area contributed by atoms with E-state index in [-0.39, 0.29) is 6.10 Å². The molecule has 1 saturated carbocycles. The molecule has 0 radical (unpaired) electrons. The summed E-state index contributed by atoms with van der Waals surface area (Å²) in [6.45, 7) is 3.93. The molecule has 2 aromatic rings. The van der Waals surface area contributed by atoms with Gasteiger partial charge >= 0.3 is 0 Å². The number of anilines is 2. The lowest BCUT2D eigenvalue weighted by Crippen LogP contribution is -2.11. The molecular weight excluding hydrogens is 262 g/mol. The van der Waals surface area contributed by atoms with Crippen molar-refractivity contribution < 1.29 is 4.74 Å². The standard InChI is InChI=1S/C17H21N3O/c1-11(2)21-17-14(18)8-9-16(20-17)19-15-10-13(15)12-6-4-3-5-7-12/h3-9,11,13,15H,10,18H2,1-2H3,(H,19,20). The molecule has 0 aliphatic heterocycles. The third-order valence-electron chi connectivity index (χ3n) is 3.59. The van der Waals surface area contributed by atoms with Gasteiger partial charge in [0.05, 0.1) is 11.8 Å². The van der Waals surface area contributed by atoms with E-state index in [0.717, 1.165) is 12.2 Å². The number of hydrogen-bond acceptors (Lipinski definition) is 4. The minimum atomic E-state index is 0.0630. The van der Waals surface area contributed by atoms with Gasteiger partial charge in [0, 0.05) is 12.0 Å². The summed E-state index contributed by atoms with van der Waals surface area (Å²) in [5, 5.41) is 3.46. The molecule has 1 aromatic heterocycles. The molecule has 21 heavy (non-hydrogen) atoms. The molecule has 3 rings (SSSR count). The number of nitrogens with two attached hydrogens (primary N) is 1. The summed E-state index contributed by atoms with van der Waals surface area (Å²) in [6.07, 6.45) is 1.20. The van der Waals surface area contributed by atoms with E-state index in [0.29, 0.717) is 23.5 Å². The number of nitrogens with one attached hydrogen (secondary N) is 1. The van der Waals surface area contributed by atoms with Gasteiger partial charge in [0.2, 0.25) is 5.88 Å². The highest BCUT2D eigenvalue weighted by atomic mass is 16.5. The van der Waals surface area contributed by atoms with Crippen LogP contribution in [0.25, 0.3) is 0 Å². The van der Waals surface area contributed by atoms with Gasteiger partial charge in [-0.05, 0) is 38.0 Å². The van der Waals surface area contributed by atoms with Gasteiger partial charge in [0.25, 0.3) is 0 Å². The van der Waals surface area contributed by atoms with Crippen LogP contribution < -0.4 is 15.8 Å². The van der Waals surface area contributed by atoms with Gasteiger partial charge in [-0.2, -0.15) is 4.98 Å². The Morgan fingerprint density at radius 1 is 1.19 bits per heavy atom. The zero-order chi connectivity index (χ0) is 14.8. The van der Waals surface area contributed by atoms with E-state index in [4.69, 9.17) is 10.5 Å². The van der Waals surface area contributed by atoms with E-state index in [1.54, 1.807) is 0 Å². The number of nitrogen functional groups attached to an aromatic ring is 1. The summed E-state index contributed by atoms with van der Waals surface area (Å²) in [5.74, 6) is 1.90. The summed E-state index contributed by atoms with van der Waals surface area (Å²) in [5.41, 5.74) is 7.84. The van der Waals surface area contributed by atoms with E-state index in [9.17, 15) is 0 Å². The van der Waals surface area contributed by atoms with Crippen molar-refractivity contribution in [2.45, 2.75) is 38.3 Å². The Morgan fingerprint density at radius 2 is 1.95 bits per heavy atom. The first-order valence-electron chi connectivity index (χ1n) is 7.38.